The average molecular weight is 251 g/mol. The van der Waals surface area contributed by atoms with Crippen molar-refractivity contribution in [1.29, 1.82) is 0 Å². The van der Waals surface area contributed by atoms with Crippen LogP contribution in [0.4, 0.5) is 5.82 Å². The fourth-order valence-electron chi connectivity index (χ4n) is 3.39. The van der Waals surface area contributed by atoms with Crippen LogP contribution in [0, 0.1) is 0 Å². The van der Waals surface area contributed by atoms with Crippen molar-refractivity contribution in [3.63, 3.8) is 0 Å². The van der Waals surface area contributed by atoms with Crippen molar-refractivity contribution in [3.05, 3.63) is 11.3 Å². The normalized spacial score (nSPS) is 21.2. The van der Waals surface area contributed by atoms with E-state index in [0.29, 0.717) is 0 Å². The lowest BCUT2D eigenvalue weighted by Crippen LogP contribution is -2.22. The number of nitrogens with one attached hydrogen (secondary N) is 1. The first-order valence-corrected chi connectivity index (χ1v) is 7.41. The molecule has 3 nitrogen and oxygen atoms in total. The van der Waals surface area contributed by atoms with Gasteiger partial charge < -0.3 is 5.32 Å². The molecule has 1 fully saturated rings. The molecule has 0 spiro atoms. The zero-order valence-electron chi connectivity index (χ0n) is 12.5. The zero-order valence-corrected chi connectivity index (χ0v) is 12.5. The van der Waals surface area contributed by atoms with Gasteiger partial charge in [-0.2, -0.15) is 5.10 Å². The van der Waals surface area contributed by atoms with Crippen molar-refractivity contribution in [3.8, 4) is 0 Å². The van der Waals surface area contributed by atoms with Gasteiger partial charge in [0.15, 0.2) is 5.82 Å². The number of nitrogens with zero attached hydrogens (tertiary/aromatic N) is 2. The lowest BCUT2D eigenvalue weighted by Gasteiger charge is -2.21. The van der Waals surface area contributed by atoms with Gasteiger partial charge in [0.25, 0.3) is 0 Å². The Morgan fingerprint density at radius 1 is 1.28 bits per heavy atom. The summed E-state index contributed by atoms with van der Waals surface area (Å²) in [6.07, 6.45) is 5.47. The van der Waals surface area contributed by atoms with E-state index in [1.165, 1.54) is 36.9 Å². The van der Waals surface area contributed by atoms with Gasteiger partial charge in [0.2, 0.25) is 0 Å². The molecule has 1 aromatic rings. The molecule has 18 heavy (non-hydrogen) atoms. The quantitative estimate of drug-likeness (QED) is 0.816. The lowest BCUT2D eigenvalue weighted by atomic mass is 9.83. The van der Waals surface area contributed by atoms with Gasteiger partial charge in [-0.05, 0) is 12.8 Å². The van der Waals surface area contributed by atoms with E-state index < -0.39 is 0 Å². The number of hydrogen-bond donors (Lipinski definition) is 1. The maximum Gasteiger partial charge on any atom is 0.152 e. The third-order valence-corrected chi connectivity index (χ3v) is 4.21. The third-order valence-electron chi connectivity index (χ3n) is 4.21. The van der Waals surface area contributed by atoms with Crippen LogP contribution in [0.1, 0.15) is 72.0 Å². The third kappa shape index (κ3) is 2.04. The predicted molar refractivity (Wildman–Crippen MR) is 79.4 cm³/mol. The highest BCUT2D eigenvalue weighted by Crippen LogP contribution is 2.44. The number of fused-ring (bicyclic) bond motifs is 1. The molecule has 1 saturated carbocycles. The van der Waals surface area contributed by atoms with Crippen molar-refractivity contribution < 1.29 is 1.43 Å². The van der Waals surface area contributed by atoms with Gasteiger partial charge in [-0.3, -0.25) is 4.68 Å². The first kappa shape index (κ1) is 13.4. The van der Waals surface area contributed by atoms with Gasteiger partial charge in [-0.15, -0.1) is 0 Å². The summed E-state index contributed by atoms with van der Waals surface area (Å²) in [4.78, 5) is 0. The Hall–Kier alpha value is -0.990. The molecule has 0 amide bonds. The van der Waals surface area contributed by atoms with E-state index in [2.05, 4.69) is 36.0 Å². The van der Waals surface area contributed by atoms with Crippen molar-refractivity contribution in [2.45, 2.75) is 64.7 Å². The maximum atomic E-state index is 4.64. The van der Waals surface area contributed by atoms with Gasteiger partial charge in [-0.25, -0.2) is 0 Å². The number of aryl methyl sites for hydroxylation is 1. The second kappa shape index (κ2) is 4.94. The molecule has 0 aromatic carbocycles. The summed E-state index contributed by atoms with van der Waals surface area (Å²) in [5.41, 5.74) is 3.24. The Morgan fingerprint density at radius 3 is 2.50 bits per heavy atom. The number of rotatable bonds is 1. The van der Waals surface area contributed by atoms with E-state index in [-0.39, 0.29) is 6.84 Å². The van der Waals surface area contributed by atoms with Crippen LogP contribution in [-0.4, -0.2) is 16.3 Å². The van der Waals surface area contributed by atoms with Crippen molar-refractivity contribution in [2.75, 3.05) is 11.9 Å². The summed E-state index contributed by atoms with van der Waals surface area (Å²) in [7, 11) is 2.10. The fourth-order valence-corrected chi connectivity index (χ4v) is 3.39. The largest absolute Gasteiger partial charge is 0.367 e. The second-order valence-corrected chi connectivity index (χ2v) is 5.95. The molecule has 1 N–H and O–H groups in total. The minimum Gasteiger partial charge on any atom is -0.367 e. The topological polar surface area (TPSA) is 29.9 Å². The monoisotopic (exact) mass is 251 g/mol. The number of anilines is 1. The maximum absolute atomic E-state index is 4.64. The van der Waals surface area contributed by atoms with E-state index in [1.807, 2.05) is 13.8 Å². The molecule has 0 atom stereocenters. The molecule has 2 aliphatic rings. The molecule has 1 aliphatic carbocycles. The van der Waals surface area contributed by atoms with Gasteiger partial charge in [-0.1, -0.05) is 40.5 Å². The van der Waals surface area contributed by atoms with E-state index in [0.717, 1.165) is 18.3 Å². The lowest BCUT2D eigenvalue weighted by molar-refractivity contribution is 0.541. The summed E-state index contributed by atoms with van der Waals surface area (Å²) in [6.45, 7) is 9.68. The molecule has 1 aromatic heterocycles. The van der Waals surface area contributed by atoms with Crippen LogP contribution in [-0.2, 0) is 12.5 Å². The Labute approximate surface area is 112 Å². The van der Waals surface area contributed by atoms with Crippen molar-refractivity contribution in [1.82, 2.24) is 9.78 Å². The van der Waals surface area contributed by atoms with Crippen molar-refractivity contribution in [2.24, 2.45) is 7.05 Å². The predicted octanol–water partition coefficient (Wildman–Crippen LogP) is 4.05. The van der Waals surface area contributed by atoms with E-state index in [9.17, 15) is 0 Å². The van der Waals surface area contributed by atoms with Crippen LogP contribution >= 0.6 is 0 Å². The summed E-state index contributed by atoms with van der Waals surface area (Å²) < 4.78 is 2.12. The van der Waals surface area contributed by atoms with Crippen LogP contribution in [0.3, 0.4) is 0 Å². The van der Waals surface area contributed by atoms with Gasteiger partial charge in [0, 0.05) is 37.6 Å². The molecule has 0 saturated heterocycles. The van der Waals surface area contributed by atoms with E-state index in [4.69, 9.17) is 0 Å². The van der Waals surface area contributed by atoms with Crippen LogP contribution in [0.2, 0.25) is 0 Å². The SMILES string of the molecule is CC.Cn1nc2c(c1C1CCCC1)C(C)(C)CN2.[HH]. The summed E-state index contributed by atoms with van der Waals surface area (Å²) in [5, 5.41) is 8.08. The minimum absolute atomic E-state index is 0. The molecule has 2 heterocycles. The van der Waals surface area contributed by atoms with Crippen LogP contribution in [0.25, 0.3) is 0 Å². The van der Waals surface area contributed by atoms with Gasteiger partial charge in [0.1, 0.15) is 0 Å². The summed E-state index contributed by atoms with van der Waals surface area (Å²) in [6, 6.07) is 0. The summed E-state index contributed by atoms with van der Waals surface area (Å²) in [5.74, 6) is 1.88. The van der Waals surface area contributed by atoms with Crippen molar-refractivity contribution >= 4 is 5.82 Å². The Kier molecular flexibility index (Phi) is 3.69. The Bertz CT molecular complexity index is 417. The van der Waals surface area contributed by atoms with E-state index in [1.54, 1.807) is 0 Å². The second-order valence-electron chi connectivity index (χ2n) is 5.95. The molecule has 1 aliphatic heterocycles. The molecule has 0 radical (unpaired) electrons. The van der Waals surface area contributed by atoms with Crippen LogP contribution in [0.15, 0.2) is 0 Å². The standard InChI is InChI=1S/C13H21N3.C2H6.H2/c1-13(2)8-14-12-10(13)11(16(3)15-12)9-6-4-5-7-9;1-2;/h9H,4-8H2,1-3H3,(H,14,15);1-2H3;1H. The molecule has 104 valence electrons. The average Bonchev–Trinajstić information content (AvgIpc) is 3.01. The van der Waals surface area contributed by atoms with Gasteiger partial charge >= 0.3 is 0 Å². The number of hydrogen-bond acceptors (Lipinski definition) is 2. The Balaban J connectivity index is 0.000000576. The molecular formula is C15H29N3. The zero-order chi connectivity index (χ0) is 13.3. The number of aromatic nitrogens is 2. The first-order valence-electron chi connectivity index (χ1n) is 7.41. The van der Waals surface area contributed by atoms with E-state index >= 15 is 0 Å². The highest BCUT2D eigenvalue weighted by molar-refractivity contribution is 5.58. The van der Waals surface area contributed by atoms with Crippen LogP contribution < -0.4 is 5.32 Å². The molecular weight excluding hydrogens is 222 g/mol. The minimum atomic E-state index is 0. The highest BCUT2D eigenvalue weighted by Gasteiger charge is 2.38. The van der Waals surface area contributed by atoms with Crippen LogP contribution in [0.5, 0.6) is 0 Å². The molecule has 3 heteroatoms. The summed E-state index contributed by atoms with van der Waals surface area (Å²) >= 11 is 0. The molecule has 3 rings (SSSR count). The molecule has 0 unspecified atom stereocenters. The fraction of sp³-hybridized carbons (Fsp3) is 0.800. The first-order chi connectivity index (χ1) is 8.59. The van der Waals surface area contributed by atoms with Gasteiger partial charge in [0.05, 0.1) is 0 Å². The molecule has 0 bridgehead atoms. The smallest absolute Gasteiger partial charge is 0.152 e. The Morgan fingerprint density at radius 2 is 1.89 bits per heavy atom. The highest BCUT2D eigenvalue weighted by atomic mass is 15.3.